The molecule has 0 saturated carbocycles. The molecule has 2 aromatic rings. The first kappa shape index (κ1) is 16.6. The van der Waals surface area contributed by atoms with Crippen LogP contribution in [0.5, 0.6) is 5.75 Å². The van der Waals surface area contributed by atoms with E-state index in [1.165, 1.54) is 11.1 Å². The summed E-state index contributed by atoms with van der Waals surface area (Å²) in [5, 5.41) is 2.85. The molecular formula is C18H20BrNO2. The van der Waals surface area contributed by atoms with Gasteiger partial charge in [-0.1, -0.05) is 22.0 Å². The molecule has 0 spiro atoms. The summed E-state index contributed by atoms with van der Waals surface area (Å²) in [6, 6.07) is 11.4. The van der Waals surface area contributed by atoms with E-state index in [9.17, 15) is 4.79 Å². The molecule has 0 bridgehead atoms. The molecule has 4 heteroatoms. The monoisotopic (exact) mass is 361 g/mol. The van der Waals surface area contributed by atoms with E-state index in [0.29, 0.717) is 18.7 Å². The number of carbonyl (C=O) groups is 1. The number of rotatable bonds is 5. The van der Waals surface area contributed by atoms with Crippen LogP contribution in [0, 0.1) is 20.8 Å². The van der Waals surface area contributed by atoms with Crippen molar-refractivity contribution in [3.8, 4) is 5.75 Å². The Balaban J connectivity index is 1.83. The minimum absolute atomic E-state index is 0.0899. The van der Waals surface area contributed by atoms with E-state index in [0.717, 1.165) is 15.8 Å². The predicted octanol–water partition coefficient (Wildman–Crippen LogP) is 4.18. The number of halogens is 1. The van der Waals surface area contributed by atoms with Crippen molar-refractivity contribution in [3.05, 3.63) is 63.1 Å². The molecule has 0 radical (unpaired) electrons. The van der Waals surface area contributed by atoms with Crippen LogP contribution in [0.25, 0.3) is 0 Å². The number of nitrogens with one attached hydrogen (secondary N) is 1. The van der Waals surface area contributed by atoms with Gasteiger partial charge >= 0.3 is 0 Å². The molecule has 2 rings (SSSR count). The van der Waals surface area contributed by atoms with E-state index in [-0.39, 0.29) is 5.91 Å². The van der Waals surface area contributed by atoms with Crippen molar-refractivity contribution in [2.75, 3.05) is 13.2 Å². The highest BCUT2D eigenvalue weighted by atomic mass is 79.9. The average Bonchev–Trinajstić information content (AvgIpc) is 2.49. The molecule has 0 heterocycles. The highest BCUT2D eigenvalue weighted by molar-refractivity contribution is 9.10. The van der Waals surface area contributed by atoms with Gasteiger partial charge in [-0.2, -0.15) is 0 Å². The van der Waals surface area contributed by atoms with Gasteiger partial charge in [-0.25, -0.2) is 0 Å². The fraction of sp³-hybridized carbons (Fsp3) is 0.278. The van der Waals surface area contributed by atoms with Crippen molar-refractivity contribution in [2.45, 2.75) is 20.8 Å². The summed E-state index contributed by atoms with van der Waals surface area (Å²) >= 11 is 3.35. The molecule has 2 aromatic carbocycles. The average molecular weight is 362 g/mol. The molecule has 1 amide bonds. The molecule has 0 atom stereocenters. The van der Waals surface area contributed by atoms with Crippen LogP contribution < -0.4 is 10.1 Å². The van der Waals surface area contributed by atoms with Crippen molar-refractivity contribution in [1.82, 2.24) is 5.32 Å². The van der Waals surface area contributed by atoms with Gasteiger partial charge in [0.25, 0.3) is 5.91 Å². The summed E-state index contributed by atoms with van der Waals surface area (Å²) in [5.41, 5.74) is 4.22. The zero-order valence-corrected chi connectivity index (χ0v) is 14.7. The van der Waals surface area contributed by atoms with Gasteiger partial charge in [0.05, 0.1) is 6.54 Å². The first-order chi connectivity index (χ1) is 10.5. The Labute approximate surface area is 139 Å². The minimum atomic E-state index is -0.0899. The van der Waals surface area contributed by atoms with Crippen molar-refractivity contribution < 1.29 is 9.53 Å². The number of hydrogen-bond donors (Lipinski definition) is 1. The van der Waals surface area contributed by atoms with Crippen molar-refractivity contribution in [2.24, 2.45) is 0 Å². The third-order valence-corrected chi connectivity index (χ3v) is 4.07. The fourth-order valence-corrected chi connectivity index (χ4v) is 2.38. The van der Waals surface area contributed by atoms with Crippen LogP contribution in [0.15, 0.2) is 40.9 Å². The number of hydrogen-bond acceptors (Lipinski definition) is 2. The van der Waals surface area contributed by atoms with Crippen molar-refractivity contribution >= 4 is 21.8 Å². The number of carbonyl (C=O) groups excluding carboxylic acids is 1. The van der Waals surface area contributed by atoms with E-state index in [1.54, 1.807) is 12.1 Å². The van der Waals surface area contributed by atoms with E-state index in [1.807, 2.05) is 25.1 Å². The quantitative estimate of drug-likeness (QED) is 0.811. The normalized spacial score (nSPS) is 10.4. The standard InChI is InChI=1S/C18H20BrNO2/c1-12-10-14(3)17(11-13(12)2)22-9-8-20-18(21)15-4-6-16(19)7-5-15/h4-7,10-11H,8-9H2,1-3H3,(H,20,21). The van der Waals surface area contributed by atoms with E-state index in [4.69, 9.17) is 4.74 Å². The fourth-order valence-electron chi connectivity index (χ4n) is 2.12. The molecular weight excluding hydrogens is 342 g/mol. The van der Waals surface area contributed by atoms with E-state index < -0.39 is 0 Å². The molecule has 22 heavy (non-hydrogen) atoms. The molecule has 0 fully saturated rings. The van der Waals surface area contributed by atoms with Crippen LogP contribution in [0.3, 0.4) is 0 Å². The topological polar surface area (TPSA) is 38.3 Å². The third-order valence-electron chi connectivity index (χ3n) is 3.54. The SMILES string of the molecule is Cc1cc(C)c(OCCNC(=O)c2ccc(Br)cc2)cc1C. The molecule has 0 saturated heterocycles. The third kappa shape index (κ3) is 4.34. The lowest BCUT2D eigenvalue weighted by molar-refractivity contribution is 0.0947. The Morgan fingerprint density at radius 3 is 2.36 bits per heavy atom. The highest BCUT2D eigenvalue weighted by Crippen LogP contribution is 2.22. The summed E-state index contributed by atoms with van der Waals surface area (Å²) in [7, 11) is 0. The summed E-state index contributed by atoms with van der Waals surface area (Å²) in [6.45, 7) is 7.11. The lowest BCUT2D eigenvalue weighted by Crippen LogP contribution is -2.28. The van der Waals surface area contributed by atoms with Crippen LogP contribution in [0.2, 0.25) is 0 Å². The van der Waals surface area contributed by atoms with Gasteiger partial charge < -0.3 is 10.1 Å². The maximum atomic E-state index is 12.0. The summed E-state index contributed by atoms with van der Waals surface area (Å²) in [5.74, 6) is 0.786. The minimum Gasteiger partial charge on any atom is -0.491 e. The number of benzene rings is 2. The molecule has 3 nitrogen and oxygen atoms in total. The Morgan fingerprint density at radius 1 is 1.05 bits per heavy atom. The first-order valence-corrected chi connectivity index (χ1v) is 8.01. The lowest BCUT2D eigenvalue weighted by Gasteiger charge is -2.12. The van der Waals surface area contributed by atoms with Gasteiger partial charge in [-0.15, -0.1) is 0 Å². The first-order valence-electron chi connectivity index (χ1n) is 7.22. The second-order valence-corrected chi connectivity index (χ2v) is 6.23. The zero-order valence-electron chi connectivity index (χ0n) is 13.1. The van der Waals surface area contributed by atoms with Crippen LogP contribution in [-0.4, -0.2) is 19.1 Å². The second kappa shape index (κ2) is 7.45. The van der Waals surface area contributed by atoms with Crippen LogP contribution in [0.1, 0.15) is 27.0 Å². The summed E-state index contributed by atoms with van der Waals surface area (Å²) in [4.78, 5) is 12.0. The van der Waals surface area contributed by atoms with E-state index in [2.05, 4.69) is 41.2 Å². The summed E-state index contributed by atoms with van der Waals surface area (Å²) in [6.07, 6.45) is 0. The van der Waals surface area contributed by atoms with Crippen LogP contribution in [-0.2, 0) is 0 Å². The van der Waals surface area contributed by atoms with Gasteiger partial charge in [0.15, 0.2) is 0 Å². The lowest BCUT2D eigenvalue weighted by atomic mass is 10.1. The van der Waals surface area contributed by atoms with Gasteiger partial charge in [0.2, 0.25) is 0 Å². The molecule has 116 valence electrons. The molecule has 1 N–H and O–H groups in total. The Kier molecular flexibility index (Phi) is 5.61. The predicted molar refractivity (Wildman–Crippen MR) is 92.6 cm³/mol. The maximum absolute atomic E-state index is 12.0. The largest absolute Gasteiger partial charge is 0.491 e. The van der Waals surface area contributed by atoms with E-state index >= 15 is 0 Å². The van der Waals surface area contributed by atoms with Gasteiger partial charge in [0.1, 0.15) is 12.4 Å². The van der Waals surface area contributed by atoms with Crippen LogP contribution in [0.4, 0.5) is 0 Å². The zero-order chi connectivity index (χ0) is 16.1. The summed E-state index contributed by atoms with van der Waals surface area (Å²) < 4.78 is 6.71. The maximum Gasteiger partial charge on any atom is 0.251 e. The highest BCUT2D eigenvalue weighted by Gasteiger charge is 2.06. The smallest absolute Gasteiger partial charge is 0.251 e. The molecule has 0 aliphatic rings. The van der Waals surface area contributed by atoms with Gasteiger partial charge in [-0.05, 0) is 67.8 Å². The second-order valence-electron chi connectivity index (χ2n) is 5.31. The molecule has 0 aliphatic carbocycles. The van der Waals surface area contributed by atoms with Crippen LogP contribution >= 0.6 is 15.9 Å². The molecule has 0 aliphatic heterocycles. The number of aryl methyl sites for hydroxylation is 3. The molecule has 0 aromatic heterocycles. The number of ether oxygens (including phenoxy) is 1. The van der Waals surface area contributed by atoms with Gasteiger partial charge in [0, 0.05) is 10.0 Å². The Hall–Kier alpha value is -1.81. The number of amides is 1. The van der Waals surface area contributed by atoms with Gasteiger partial charge in [-0.3, -0.25) is 4.79 Å². The molecule has 0 unspecified atom stereocenters. The van der Waals surface area contributed by atoms with Crippen molar-refractivity contribution in [1.29, 1.82) is 0 Å². The Morgan fingerprint density at radius 2 is 1.68 bits per heavy atom. The van der Waals surface area contributed by atoms with Crippen molar-refractivity contribution in [3.63, 3.8) is 0 Å². The Bertz CT molecular complexity index is 666.